The zero-order valence-corrected chi connectivity index (χ0v) is 12.4. The van der Waals surface area contributed by atoms with Crippen LogP contribution in [-0.2, 0) is 4.79 Å². The van der Waals surface area contributed by atoms with E-state index in [9.17, 15) is 20.0 Å². The molecule has 0 amide bonds. The summed E-state index contributed by atoms with van der Waals surface area (Å²) >= 11 is 0. The van der Waals surface area contributed by atoms with E-state index in [4.69, 9.17) is 0 Å². The number of carboxylic acid groups (broad SMARTS) is 1. The number of rotatable bonds is 5. The lowest BCUT2D eigenvalue weighted by molar-refractivity contribution is -0.384. The van der Waals surface area contributed by atoms with Crippen LogP contribution in [0, 0.1) is 22.5 Å². The Morgan fingerprint density at radius 3 is 2.30 bits per heavy atom. The first-order chi connectivity index (χ1) is 9.00. The third-order valence-electron chi connectivity index (χ3n) is 3.96. The molecule has 6 heteroatoms. The zero-order chi connectivity index (χ0) is 15.7. The van der Waals surface area contributed by atoms with Crippen molar-refractivity contribution in [2.45, 2.75) is 40.2 Å². The number of aryl methyl sites for hydroxylation is 1. The molecule has 2 N–H and O–H groups in total. The molecule has 110 valence electrons. The van der Waals surface area contributed by atoms with Crippen molar-refractivity contribution in [3.8, 4) is 0 Å². The van der Waals surface area contributed by atoms with Crippen LogP contribution in [0.15, 0.2) is 18.2 Å². The summed E-state index contributed by atoms with van der Waals surface area (Å²) in [6.45, 7) is 8.26. The highest BCUT2D eigenvalue weighted by atomic mass is 16.6. The van der Waals surface area contributed by atoms with Crippen molar-refractivity contribution in [1.82, 2.24) is 0 Å². The Morgan fingerprint density at radius 2 is 1.85 bits per heavy atom. The van der Waals surface area contributed by atoms with Crippen molar-refractivity contribution >= 4 is 17.3 Å². The number of nitro groups is 1. The molecule has 0 unspecified atom stereocenters. The van der Waals surface area contributed by atoms with E-state index >= 15 is 0 Å². The zero-order valence-electron chi connectivity index (χ0n) is 12.4. The Hall–Kier alpha value is -2.11. The number of benzene rings is 1. The first-order valence-electron chi connectivity index (χ1n) is 6.26. The molecule has 0 aliphatic rings. The normalized spacial score (nSPS) is 12.1. The van der Waals surface area contributed by atoms with Crippen molar-refractivity contribution in [3.63, 3.8) is 0 Å². The standard InChI is InChI=1S/C14H20N2O4/c1-9-7-6-8-10(11(9)16(19)20)15-14(4,5)13(2,3)12(17)18/h6-8,15H,1-5H3,(H,17,18). The van der Waals surface area contributed by atoms with Gasteiger partial charge in [0.1, 0.15) is 5.69 Å². The molecule has 1 rings (SSSR count). The minimum Gasteiger partial charge on any atom is -0.481 e. The summed E-state index contributed by atoms with van der Waals surface area (Å²) in [5.74, 6) is -0.967. The number of nitrogens with zero attached hydrogens (tertiary/aromatic N) is 1. The molecule has 1 aromatic rings. The average molecular weight is 280 g/mol. The van der Waals surface area contributed by atoms with Crippen LogP contribution in [0.4, 0.5) is 11.4 Å². The summed E-state index contributed by atoms with van der Waals surface area (Å²) in [4.78, 5) is 22.1. The van der Waals surface area contributed by atoms with Crippen LogP contribution >= 0.6 is 0 Å². The fourth-order valence-electron chi connectivity index (χ4n) is 1.76. The van der Waals surface area contributed by atoms with E-state index in [1.807, 2.05) is 0 Å². The Kier molecular flexibility index (Phi) is 4.07. The van der Waals surface area contributed by atoms with Gasteiger partial charge in [0.15, 0.2) is 0 Å². The SMILES string of the molecule is Cc1cccc(NC(C)(C)C(C)(C)C(=O)O)c1[N+](=O)[O-]. The number of para-hydroxylation sites is 1. The van der Waals surface area contributed by atoms with Crippen LogP contribution in [0.3, 0.4) is 0 Å². The van der Waals surface area contributed by atoms with Gasteiger partial charge in [-0.2, -0.15) is 0 Å². The van der Waals surface area contributed by atoms with E-state index in [1.54, 1.807) is 52.8 Å². The highest BCUT2D eigenvalue weighted by molar-refractivity contribution is 5.77. The maximum Gasteiger partial charge on any atom is 0.311 e. The molecule has 20 heavy (non-hydrogen) atoms. The predicted octanol–water partition coefficient (Wildman–Crippen LogP) is 3.20. The van der Waals surface area contributed by atoms with Crippen molar-refractivity contribution < 1.29 is 14.8 Å². The molecular formula is C14H20N2O4. The molecule has 0 aromatic heterocycles. The van der Waals surface area contributed by atoms with Crippen molar-refractivity contribution in [3.05, 3.63) is 33.9 Å². The third-order valence-corrected chi connectivity index (χ3v) is 3.96. The first-order valence-corrected chi connectivity index (χ1v) is 6.26. The fourth-order valence-corrected chi connectivity index (χ4v) is 1.76. The molecule has 0 saturated heterocycles. The minimum atomic E-state index is -1.09. The smallest absolute Gasteiger partial charge is 0.311 e. The number of nitrogens with one attached hydrogen (secondary N) is 1. The van der Waals surface area contributed by atoms with Crippen LogP contribution < -0.4 is 5.32 Å². The molecule has 1 aromatic carbocycles. The second-order valence-corrected chi connectivity index (χ2v) is 5.91. The Labute approximate surface area is 118 Å². The van der Waals surface area contributed by atoms with Crippen LogP contribution in [0.2, 0.25) is 0 Å². The van der Waals surface area contributed by atoms with Gasteiger partial charge in [-0.1, -0.05) is 12.1 Å². The lowest BCUT2D eigenvalue weighted by Crippen LogP contribution is -2.50. The van der Waals surface area contributed by atoms with Gasteiger partial charge in [-0.05, 0) is 40.7 Å². The van der Waals surface area contributed by atoms with Gasteiger partial charge < -0.3 is 10.4 Å². The second kappa shape index (κ2) is 5.11. The number of hydrogen-bond acceptors (Lipinski definition) is 4. The fraction of sp³-hybridized carbons (Fsp3) is 0.500. The summed E-state index contributed by atoms with van der Waals surface area (Å²) < 4.78 is 0. The summed E-state index contributed by atoms with van der Waals surface area (Å²) in [7, 11) is 0. The summed E-state index contributed by atoms with van der Waals surface area (Å²) in [5, 5.41) is 23.5. The predicted molar refractivity (Wildman–Crippen MR) is 77.0 cm³/mol. The van der Waals surface area contributed by atoms with Gasteiger partial charge in [0.2, 0.25) is 0 Å². The topological polar surface area (TPSA) is 92.5 Å². The minimum absolute atomic E-state index is 0.0261. The van der Waals surface area contributed by atoms with Gasteiger partial charge in [-0.25, -0.2) is 0 Å². The van der Waals surface area contributed by atoms with E-state index < -0.39 is 21.8 Å². The molecule has 0 bridgehead atoms. The van der Waals surface area contributed by atoms with Crippen LogP contribution in [0.25, 0.3) is 0 Å². The number of nitro benzene ring substituents is 1. The van der Waals surface area contributed by atoms with Crippen LogP contribution in [0.1, 0.15) is 33.3 Å². The molecule has 0 fully saturated rings. The molecule has 0 aliphatic carbocycles. The Morgan fingerprint density at radius 1 is 1.30 bits per heavy atom. The molecule has 0 aliphatic heterocycles. The molecule has 6 nitrogen and oxygen atoms in total. The van der Waals surface area contributed by atoms with Gasteiger partial charge in [-0.3, -0.25) is 14.9 Å². The number of carbonyl (C=O) groups is 1. The van der Waals surface area contributed by atoms with E-state index in [0.717, 1.165) is 0 Å². The Balaban J connectivity index is 3.26. The van der Waals surface area contributed by atoms with E-state index in [0.29, 0.717) is 11.3 Å². The molecular weight excluding hydrogens is 260 g/mol. The summed E-state index contributed by atoms with van der Waals surface area (Å²) in [6, 6.07) is 4.94. The van der Waals surface area contributed by atoms with Gasteiger partial charge >= 0.3 is 5.97 Å². The maximum absolute atomic E-state index is 11.4. The molecule has 0 radical (unpaired) electrons. The quantitative estimate of drug-likeness (QED) is 0.638. The molecule has 0 atom stereocenters. The van der Waals surface area contributed by atoms with Gasteiger partial charge in [0.05, 0.1) is 10.3 Å². The van der Waals surface area contributed by atoms with Crippen molar-refractivity contribution in [2.24, 2.45) is 5.41 Å². The molecule has 0 heterocycles. The van der Waals surface area contributed by atoms with E-state index in [1.165, 1.54) is 0 Å². The van der Waals surface area contributed by atoms with Crippen LogP contribution in [-0.4, -0.2) is 21.5 Å². The van der Waals surface area contributed by atoms with E-state index in [2.05, 4.69) is 5.32 Å². The van der Waals surface area contributed by atoms with Crippen molar-refractivity contribution in [2.75, 3.05) is 5.32 Å². The largest absolute Gasteiger partial charge is 0.481 e. The third kappa shape index (κ3) is 2.74. The number of hydrogen-bond donors (Lipinski definition) is 2. The van der Waals surface area contributed by atoms with Gasteiger partial charge in [0, 0.05) is 11.1 Å². The summed E-state index contributed by atoms with van der Waals surface area (Å²) in [5.41, 5.74) is -1.12. The van der Waals surface area contributed by atoms with Crippen molar-refractivity contribution in [1.29, 1.82) is 0 Å². The second-order valence-electron chi connectivity index (χ2n) is 5.91. The number of carboxylic acids is 1. The van der Waals surface area contributed by atoms with E-state index in [-0.39, 0.29) is 5.69 Å². The molecule has 0 saturated carbocycles. The van der Waals surface area contributed by atoms with Gasteiger partial charge in [-0.15, -0.1) is 0 Å². The monoisotopic (exact) mass is 280 g/mol. The highest BCUT2D eigenvalue weighted by Crippen LogP contribution is 2.37. The lowest BCUT2D eigenvalue weighted by Gasteiger charge is -2.39. The van der Waals surface area contributed by atoms with Gasteiger partial charge in [0.25, 0.3) is 5.69 Å². The Bertz CT molecular complexity index is 550. The maximum atomic E-state index is 11.4. The number of anilines is 1. The molecule has 0 spiro atoms. The first kappa shape index (κ1) is 15.9. The average Bonchev–Trinajstić information content (AvgIpc) is 2.27. The lowest BCUT2D eigenvalue weighted by atomic mass is 9.74. The number of aliphatic carboxylic acids is 1. The van der Waals surface area contributed by atoms with Crippen LogP contribution in [0.5, 0.6) is 0 Å². The summed E-state index contributed by atoms with van der Waals surface area (Å²) in [6.07, 6.45) is 0. The highest BCUT2D eigenvalue weighted by Gasteiger charge is 2.44.